The molecule has 2 fully saturated rings. The molecule has 2 aromatic heterocycles. The molecule has 7 nitrogen and oxygen atoms in total. The Balaban J connectivity index is 1.61. The Kier molecular flexibility index (Phi) is 3.21. The SMILES string of the molecule is O=C1CC2(CCC2)C(NC(=O)c2nccc3ncncc23)CN1. The minimum absolute atomic E-state index is 0.0527. The van der Waals surface area contributed by atoms with E-state index in [1.165, 1.54) is 6.33 Å². The maximum absolute atomic E-state index is 12.7. The number of piperidine rings is 1. The number of pyridine rings is 1. The van der Waals surface area contributed by atoms with Gasteiger partial charge in [-0.05, 0) is 18.9 Å². The first-order valence-corrected chi connectivity index (χ1v) is 7.80. The molecule has 3 heterocycles. The summed E-state index contributed by atoms with van der Waals surface area (Å²) < 4.78 is 0. The molecule has 1 saturated carbocycles. The Morgan fingerprint density at radius 3 is 3.00 bits per heavy atom. The van der Waals surface area contributed by atoms with Gasteiger partial charge in [0.1, 0.15) is 12.0 Å². The van der Waals surface area contributed by atoms with Crippen molar-refractivity contribution in [3.05, 3.63) is 30.5 Å². The molecule has 2 amide bonds. The molecule has 1 aliphatic heterocycles. The van der Waals surface area contributed by atoms with Crippen LogP contribution in [0.15, 0.2) is 24.8 Å². The standard InChI is InChI=1S/C16H17N5O2/c22-13-6-16(3-1-4-16)12(8-19-13)21-15(23)14-10-7-17-9-20-11(10)2-5-18-14/h2,5,7,9,12H,1,3-4,6,8H2,(H,19,22)(H,21,23). The summed E-state index contributed by atoms with van der Waals surface area (Å²) in [6, 6.07) is 1.70. The number of amides is 2. The third kappa shape index (κ3) is 2.32. The Bertz CT molecular complexity index is 782. The van der Waals surface area contributed by atoms with Crippen molar-refractivity contribution in [1.29, 1.82) is 0 Å². The lowest BCUT2D eigenvalue weighted by atomic mass is 9.60. The summed E-state index contributed by atoms with van der Waals surface area (Å²) in [5, 5.41) is 6.55. The van der Waals surface area contributed by atoms with Gasteiger partial charge in [-0.1, -0.05) is 6.42 Å². The van der Waals surface area contributed by atoms with Gasteiger partial charge in [0.25, 0.3) is 5.91 Å². The maximum atomic E-state index is 12.7. The highest BCUT2D eigenvalue weighted by molar-refractivity contribution is 6.04. The van der Waals surface area contributed by atoms with Crippen LogP contribution in [0.25, 0.3) is 10.9 Å². The van der Waals surface area contributed by atoms with E-state index in [0.29, 0.717) is 29.6 Å². The van der Waals surface area contributed by atoms with Crippen molar-refractivity contribution in [2.24, 2.45) is 5.41 Å². The normalized spacial score (nSPS) is 22.4. The van der Waals surface area contributed by atoms with E-state index in [0.717, 1.165) is 19.3 Å². The average molecular weight is 311 g/mol. The van der Waals surface area contributed by atoms with Crippen LogP contribution in [0.5, 0.6) is 0 Å². The summed E-state index contributed by atoms with van der Waals surface area (Å²) in [6.07, 6.45) is 8.20. The Morgan fingerprint density at radius 1 is 1.35 bits per heavy atom. The number of carbonyl (C=O) groups excluding carboxylic acids is 2. The largest absolute Gasteiger partial charge is 0.354 e. The molecule has 2 N–H and O–H groups in total. The first kappa shape index (κ1) is 14.0. The number of fused-ring (bicyclic) bond motifs is 1. The van der Waals surface area contributed by atoms with Gasteiger partial charge >= 0.3 is 0 Å². The zero-order valence-electron chi connectivity index (χ0n) is 12.6. The zero-order valence-corrected chi connectivity index (χ0v) is 12.6. The van der Waals surface area contributed by atoms with Crippen LogP contribution in [0.3, 0.4) is 0 Å². The smallest absolute Gasteiger partial charge is 0.270 e. The number of hydrogen-bond donors (Lipinski definition) is 2. The van der Waals surface area contributed by atoms with Crippen LogP contribution in [-0.2, 0) is 4.79 Å². The van der Waals surface area contributed by atoms with Crippen LogP contribution in [0.1, 0.15) is 36.2 Å². The van der Waals surface area contributed by atoms with E-state index in [9.17, 15) is 9.59 Å². The van der Waals surface area contributed by atoms with Crippen molar-refractivity contribution in [3.8, 4) is 0 Å². The van der Waals surface area contributed by atoms with Gasteiger partial charge in [0, 0.05) is 36.2 Å². The van der Waals surface area contributed by atoms with Crippen molar-refractivity contribution in [1.82, 2.24) is 25.6 Å². The summed E-state index contributed by atoms with van der Waals surface area (Å²) in [7, 11) is 0. The molecule has 118 valence electrons. The Labute approximate surface area is 132 Å². The van der Waals surface area contributed by atoms with Gasteiger partial charge in [-0.3, -0.25) is 14.6 Å². The van der Waals surface area contributed by atoms with Crippen LogP contribution >= 0.6 is 0 Å². The van der Waals surface area contributed by atoms with Gasteiger partial charge < -0.3 is 10.6 Å². The summed E-state index contributed by atoms with van der Waals surface area (Å²) in [4.78, 5) is 36.7. The molecule has 4 rings (SSSR count). The van der Waals surface area contributed by atoms with Crippen LogP contribution in [0.4, 0.5) is 0 Å². The van der Waals surface area contributed by atoms with Gasteiger partial charge in [0.05, 0.1) is 11.6 Å². The van der Waals surface area contributed by atoms with E-state index in [1.807, 2.05) is 0 Å². The highest BCUT2D eigenvalue weighted by Gasteiger charge is 2.48. The maximum Gasteiger partial charge on any atom is 0.270 e. The third-order valence-corrected chi connectivity index (χ3v) is 5.06. The predicted molar refractivity (Wildman–Crippen MR) is 82.5 cm³/mol. The summed E-state index contributed by atoms with van der Waals surface area (Å²) in [6.45, 7) is 0.478. The van der Waals surface area contributed by atoms with E-state index >= 15 is 0 Å². The average Bonchev–Trinajstić information content (AvgIpc) is 2.54. The van der Waals surface area contributed by atoms with Crippen molar-refractivity contribution >= 4 is 22.7 Å². The van der Waals surface area contributed by atoms with Gasteiger partial charge in [0.15, 0.2) is 0 Å². The summed E-state index contributed by atoms with van der Waals surface area (Å²) >= 11 is 0. The van der Waals surface area contributed by atoms with E-state index < -0.39 is 0 Å². The monoisotopic (exact) mass is 311 g/mol. The van der Waals surface area contributed by atoms with Crippen LogP contribution in [0, 0.1) is 5.41 Å². The molecular formula is C16H17N5O2. The molecule has 0 radical (unpaired) electrons. The minimum Gasteiger partial charge on any atom is -0.354 e. The van der Waals surface area contributed by atoms with E-state index in [1.54, 1.807) is 18.5 Å². The number of nitrogens with one attached hydrogen (secondary N) is 2. The number of hydrogen-bond acceptors (Lipinski definition) is 5. The summed E-state index contributed by atoms with van der Waals surface area (Å²) in [5.74, 6) is -0.162. The van der Waals surface area contributed by atoms with Gasteiger partial charge in [-0.25, -0.2) is 9.97 Å². The molecule has 1 atom stereocenters. The highest BCUT2D eigenvalue weighted by Crippen LogP contribution is 2.48. The molecule has 2 aliphatic rings. The fourth-order valence-corrected chi connectivity index (χ4v) is 3.61. The lowest BCUT2D eigenvalue weighted by molar-refractivity contribution is -0.129. The molecule has 23 heavy (non-hydrogen) atoms. The fraction of sp³-hybridized carbons (Fsp3) is 0.438. The molecule has 0 aromatic carbocycles. The molecule has 1 spiro atoms. The number of carbonyl (C=O) groups is 2. The highest BCUT2D eigenvalue weighted by atomic mass is 16.2. The topological polar surface area (TPSA) is 96.9 Å². The quantitative estimate of drug-likeness (QED) is 0.855. The lowest BCUT2D eigenvalue weighted by Crippen LogP contribution is -2.61. The lowest BCUT2D eigenvalue weighted by Gasteiger charge is -2.50. The van der Waals surface area contributed by atoms with Crippen LogP contribution in [0.2, 0.25) is 0 Å². The van der Waals surface area contributed by atoms with Crippen molar-refractivity contribution in [2.75, 3.05) is 6.54 Å². The number of rotatable bonds is 2. The molecule has 1 aliphatic carbocycles. The predicted octanol–water partition coefficient (Wildman–Crippen LogP) is 0.813. The van der Waals surface area contributed by atoms with Crippen molar-refractivity contribution in [2.45, 2.75) is 31.7 Å². The number of aromatic nitrogens is 3. The molecule has 7 heteroatoms. The van der Waals surface area contributed by atoms with Crippen molar-refractivity contribution in [3.63, 3.8) is 0 Å². The van der Waals surface area contributed by atoms with E-state index in [2.05, 4.69) is 25.6 Å². The van der Waals surface area contributed by atoms with Crippen LogP contribution < -0.4 is 10.6 Å². The van der Waals surface area contributed by atoms with Crippen molar-refractivity contribution < 1.29 is 9.59 Å². The van der Waals surface area contributed by atoms with E-state index in [-0.39, 0.29) is 23.3 Å². The van der Waals surface area contributed by atoms with Gasteiger partial charge in [-0.2, -0.15) is 0 Å². The number of nitrogens with zero attached hydrogens (tertiary/aromatic N) is 3. The Morgan fingerprint density at radius 2 is 2.22 bits per heavy atom. The van der Waals surface area contributed by atoms with E-state index in [4.69, 9.17) is 0 Å². The Hall–Kier alpha value is -2.57. The third-order valence-electron chi connectivity index (χ3n) is 5.06. The second kappa shape index (κ2) is 5.26. The molecule has 1 unspecified atom stereocenters. The molecule has 1 saturated heterocycles. The molecule has 0 bridgehead atoms. The fourth-order valence-electron chi connectivity index (χ4n) is 3.61. The zero-order chi connectivity index (χ0) is 15.9. The van der Waals surface area contributed by atoms with Crippen LogP contribution in [-0.4, -0.2) is 39.4 Å². The minimum atomic E-state index is -0.238. The first-order chi connectivity index (χ1) is 11.2. The second-order valence-corrected chi connectivity index (χ2v) is 6.34. The molecule has 2 aromatic rings. The van der Waals surface area contributed by atoms with Gasteiger partial charge in [0.2, 0.25) is 5.91 Å². The second-order valence-electron chi connectivity index (χ2n) is 6.34. The van der Waals surface area contributed by atoms with Gasteiger partial charge in [-0.15, -0.1) is 0 Å². The molecular weight excluding hydrogens is 294 g/mol. The first-order valence-electron chi connectivity index (χ1n) is 7.80. The summed E-state index contributed by atoms with van der Waals surface area (Å²) in [5.41, 5.74) is 0.934.